The van der Waals surface area contributed by atoms with E-state index in [4.69, 9.17) is 4.98 Å². The van der Waals surface area contributed by atoms with E-state index in [0.717, 1.165) is 33.3 Å². The summed E-state index contributed by atoms with van der Waals surface area (Å²) in [7, 11) is 0. The van der Waals surface area contributed by atoms with Crippen molar-refractivity contribution in [3.63, 3.8) is 0 Å². The monoisotopic (exact) mass is 465 g/mol. The van der Waals surface area contributed by atoms with Crippen molar-refractivity contribution in [1.82, 2.24) is 9.55 Å². The summed E-state index contributed by atoms with van der Waals surface area (Å²) in [5.74, 6) is -0.0332. The number of aryl methyl sites for hydroxylation is 2. The van der Waals surface area contributed by atoms with E-state index in [1.807, 2.05) is 92.7 Å². The molecule has 0 aliphatic heterocycles. The van der Waals surface area contributed by atoms with Gasteiger partial charge in [0.05, 0.1) is 22.3 Å². The van der Waals surface area contributed by atoms with Gasteiger partial charge in [-0.25, -0.2) is 4.98 Å². The Kier molecular flexibility index (Phi) is 5.90. The number of anilines is 1. The van der Waals surface area contributed by atoms with Crippen molar-refractivity contribution in [2.45, 2.75) is 19.0 Å². The van der Waals surface area contributed by atoms with Crippen LogP contribution in [0, 0.1) is 13.8 Å². The maximum absolute atomic E-state index is 13.4. The third-order valence-electron chi connectivity index (χ3n) is 5.89. The molecule has 1 amide bonds. The first-order valence-electron chi connectivity index (χ1n) is 11.0. The van der Waals surface area contributed by atoms with Gasteiger partial charge in [-0.2, -0.15) is 0 Å². The summed E-state index contributed by atoms with van der Waals surface area (Å²) in [5.41, 5.74) is 4.21. The van der Waals surface area contributed by atoms with Gasteiger partial charge in [0.15, 0.2) is 5.16 Å². The Balaban J connectivity index is 1.48. The molecule has 0 saturated carbocycles. The maximum Gasteiger partial charge on any atom is 0.266 e. The molecule has 168 valence electrons. The molecule has 5 aromatic rings. The number of hydrogen-bond acceptors (Lipinski definition) is 4. The third kappa shape index (κ3) is 4.20. The van der Waals surface area contributed by atoms with Gasteiger partial charge in [0.2, 0.25) is 5.91 Å². The number of para-hydroxylation sites is 1. The maximum atomic E-state index is 13.4. The van der Waals surface area contributed by atoms with E-state index < -0.39 is 0 Å². The molecule has 6 heteroatoms. The van der Waals surface area contributed by atoms with Crippen LogP contribution < -0.4 is 10.9 Å². The van der Waals surface area contributed by atoms with Gasteiger partial charge in [0.1, 0.15) is 0 Å². The number of nitrogens with zero attached hydrogens (tertiary/aromatic N) is 2. The van der Waals surface area contributed by atoms with Gasteiger partial charge in [0, 0.05) is 11.1 Å². The molecule has 5 nitrogen and oxygen atoms in total. The number of benzene rings is 4. The van der Waals surface area contributed by atoms with Crippen LogP contribution in [-0.4, -0.2) is 21.2 Å². The van der Waals surface area contributed by atoms with E-state index in [1.165, 1.54) is 11.8 Å². The van der Waals surface area contributed by atoms with E-state index in [0.29, 0.717) is 16.1 Å². The Labute approximate surface area is 201 Å². The highest BCUT2D eigenvalue weighted by molar-refractivity contribution is 7.99. The SMILES string of the molecule is Cc1ccc(-n2c(SCC(=O)Nc3cccc4ccccc34)nc3ccccc3c2=O)cc1C. The summed E-state index contributed by atoms with van der Waals surface area (Å²) in [4.78, 5) is 31.1. The fraction of sp³-hybridized carbons (Fsp3) is 0.107. The zero-order valence-corrected chi connectivity index (χ0v) is 19.7. The number of carbonyl (C=O) groups is 1. The lowest BCUT2D eigenvalue weighted by Crippen LogP contribution is -2.23. The minimum Gasteiger partial charge on any atom is -0.325 e. The quantitative estimate of drug-likeness (QED) is 0.260. The minimum atomic E-state index is -0.157. The highest BCUT2D eigenvalue weighted by atomic mass is 32.2. The van der Waals surface area contributed by atoms with Crippen LogP contribution in [0.3, 0.4) is 0 Å². The molecule has 0 fully saturated rings. The van der Waals surface area contributed by atoms with Crippen LogP contribution in [0.5, 0.6) is 0 Å². The lowest BCUT2D eigenvalue weighted by Gasteiger charge is -2.14. The van der Waals surface area contributed by atoms with Crippen LogP contribution in [0.15, 0.2) is 94.9 Å². The van der Waals surface area contributed by atoms with Crippen molar-refractivity contribution < 1.29 is 4.79 Å². The number of thioether (sulfide) groups is 1. The number of fused-ring (bicyclic) bond motifs is 2. The van der Waals surface area contributed by atoms with Crippen molar-refractivity contribution in [3.8, 4) is 5.69 Å². The van der Waals surface area contributed by atoms with Gasteiger partial charge < -0.3 is 5.32 Å². The van der Waals surface area contributed by atoms with Crippen molar-refractivity contribution in [1.29, 1.82) is 0 Å². The normalized spacial score (nSPS) is 11.1. The molecule has 0 unspecified atom stereocenters. The summed E-state index contributed by atoms with van der Waals surface area (Å²) in [5, 5.41) is 6.09. The number of amides is 1. The zero-order chi connectivity index (χ0) is 23.7. The van der Waals surface area contributed by atoms with Gasteiger partial charge in [0.25, 0.3) is 5.56 Å². The predicted molar refractivity (Wildman–Crippen MR) is 140 cm³/mol. The lowest BCUT2D eigenvalue weighted by atomic mass is 10.1. The van der Waals surface area contributed by atoms with E-state index in [9.17, 15) is 9.59 Å². The second-order valence-corrected chi connectivity index (χ2v) is 9.13. The Morgan fingerprint density at radius 3 is 2.44 bits per heavy atom. The number of carbonyl (C=O) groups excluding carboxylic acids is 1. The molecule has 0 atom stereocenters. The smallest absolute Gasteiger partial charge is 0.266 e. The fourth-order valence-corrected chi connectivity index (χ4v) is 4.77. The third-order valence-corrected chi connectivity index (χ3v) is 6.83. The van der Waals surface area contributed by atoms with Gasteiger partial charge in [-0.05, 0) is 60.7 Å². The number of hydrogen-bond donors (Lipinski definition) is 1. The molecular formula is C28H23N3O2S. The Morgan fingerprint density at radius 2 is 1.62 bits per heavy atom. The first-order valence-corrected chi connectivity index (χ1v) is 12.0. The molecular weight excluding hydrogens is 442 g/mol. The van der Waals surface area contributed by atoms with Crippen LogP contribution in [-0.2, 0) is 4.79 Å². The highest BCUT2D eigenvalue weighted by Crippen LogP contribution is 2.25. The molecule has 0 aliphatic rings. The number of aromatic nitrogens is 2. The van der Waals surface area contributed by atoms with Crippen LogP contribution in [0.1, 0.15) is 11.1 Å². The van der Waals surface area contributed by atoms with Crippen LogP contribution in [0.4, 0.5) is 5.69 Å². The van der Waals surface area contributed by atoms with Gasteiger partial charge >= 0.3 is 0 Å². The standard InChI is InChI=1S/C28H23N3O2S/c1-18-14-15-21(16-19(18)2)31-27(33)23-11-5-6-12-25(23)30-28(31)34-17-26(32)29-24-13-7-9-20-8-3-4-10-22(20)24/h3-16H,17H2,1-2H3,(H,29,32). The second-order valence-electron chi connectivity index (χ2n) is 8.18. The zero-order valence-electron chi connectivity index (χ0n) is 18.9. The van der Waals surface area contributed by atoms with E-state index >= 15 is 0 Å². The van der Waals surface area contributed by atoms with Crippen molar-refractivity contribution >= 4 is 45.0 Å². The Bertz CT molecular complexity index is 1600. The average molecular weight is 466 g/mol. The minimum absolute atomic E-state index is 0.124. The molecule has 0 radical (unpaired) electrons. The van der Waals surface area contributed by atoms with Crippen molar-refractivity contribution in [3.05, 3.63) is 106 Å². The Morgan fingerprint density at radius 1 is 0.882 bits per heavy atom. The van der Waals surface area contributed by atoms with Gasteiger partial charge in [-0.3, -0.25) is 14.2 Å². The summed E-state index contributed by atoms with van der Waals surface area (Å²) >= 11 is 1.25. The molecule has 0 bridgehead atoms. The van der Waals surface area contributed by atoms with E-state index in [2.05, 4.69) is 5.32 Å². The topological polar surface area (TPSA) is 64.0 Å². The molecule has 0 saturated heterocycles. The fourth-order valence-electron chi connectivity index (χ4n) is 3.95. The van der Waals surface area contributed by atoms with E-state index in [-0.39, 0.29) is 17.2 Å². The molecule has 0 aliphatic carbocycles. The summed E-state index contributed by atoms with van der Waals surface area (Å²) in [6.07, 6.45) is 0. The number of nitrogens with one attached hydrogen (secondary N) is 1. The van der Waals surface area contributed by atoms with Crippen molar-refractivity contribution in [2.75, 3.05) is 11.1 Å². The van der Waals surface area contributed by atoms with Crippen molar-refractivity contribution in [2.24, 2.45) is 0 Å². The molecule has 0 spiro atoms. The highest BCUT2D eigenvalue weighted by Gasteiger charge is 2.16. The van der Waals surface area contributed by atoms with Gasteiger partial charge in [-0.15, -0.1) is 0 Å². The van der Waals surface area contributed by atoms with E-state index in [1.54, 1.807) is 10.6 Å². The molecule has 4 aromatic carbocycles. The van der Waals surface area contributed by atoms with Gasteiger partial charge in [-0.1, -0.05) is 66.4 Å². The molecule has 5 rings (SSSR count). The Hall–Kier alpha value is -3.90. The molecule has 1 aromatic heterocycles. The summed E-state index contributed by atoms with van der Waals surface area (Å²) < 4.78 is 1.60. The van der Waals surface area contributed by atoms with Crippen LogP contribution >= 0.6 is 11.8 Å². The average Bonchev–Trinajstić information content (AvgIpc) is 2.85. The molecule has 1 N–H and O–H groups in total. The molecule has 34 heavy (non-hydrogen) atoms. The first kappa shape index (κ1) is 21.9. The van der Waals surface area contributed by atoms with Crippen LogP contribution in [0.2, 0.25) is 0 Å². The summed E-state index contributed by atoms with van der Waals surface area (Å²) in [6, 6.07) is 26.9. The number of rotatable bonds is 5. The second kappa shape index (κ2) is 9.15. The largest absolute Gasteiger partial charge is 0.325 e. The predicted octanol–water partition coefficient (Wildman–Crippen LogP) is 5.89. The summed E-state index contributed by atoms with van der Waals surface area (Å²) in [6.45, 7) is 4.05. The first-order chi connectivity index (χ1) is 16.5. The van der Waals surface area contributed by atoms with Crippen LogP contribution in [0.25, 0.3) is 27.4 Å². The molecule has 1 heterocycles. The lowest BCUT2D eigenvalue weighted by molar-refractivity contribution is -0.113.